The average Bonchev–Trinajstić information content (AvgIpc) is 3.17. The first-order valence-corrected chi connectivity index (χ1v) is 9.96. The van der Waals surface area contributed by atoms with E-state index in [2.05, 4.69) is 15.6 Å². The molecule has 3 amide bonds. The van der Waals surface area contributed by atoms with Gasteiger partial charge in [-0.2, -0.15) is 5.26 Å². The van der Waals surface area contributed by atoms with Gasteiger partial charge >= 0.3 is 11.7 Å². The number of nitro benzene ring substituents is 1. The summed E-state index contributed by atoms with van der Waals surface area (Å²) in [5, 5.41) is 36.3. The minimum atomic E-state index is -1.04. The lowest BCUT2D eigenvalue weighted by molar-refractivity contribution is -0.385. The molecule has 0 aliphatic carbocycles. The van der Waals surface area contributed by atoms with Gasteiger partial charge in [0.1, 0.15) is 11.5 Å². The molecule has 2 aromatic carbocycles. The van der Waals surface area contributed by atoms with Crippen LogP contribution in [0.3, 0.4) is 0 Å². The molecule has 0 saturated carbocycles. The quantitative estimate of drug-likeness (QED) is 0.152. The van der Waals surface area contributed by atoms with Crippen molar-refractivity contribution in [3.8, 4) is 11.8 Å². The Labute approximate surface area is 192 Å². The van der Waals surface area contributed by atoms with Crippen LogP contribution >= 0.6 is 12.2 Å². The van der Waals surface area contributed by atoms with Crippen molar-refractivity contribution in [1.29, 1.82) is 5.26 Å². The zero-order chi connectivity index (χ0) is 24.1. The maximum absolute atomic E-state index is 13.0. The lowest BCUT2D eigenvalue weighted by Gasteiger charge is -2.21. The van der Waals surface area contributed by atoms with Gasteiger partial charge in [0.05, 0.1) is 22.5 Å². The SMILES string of the molecule is N#CCNC(=O)C(Cc1c[nH]c2ccccc12)c1ccc([N+](=O)[O-])c(O)c1C(=S)NC(N)=O. The van der Waals surface area contributed by atoms with E-state index in [1.165, 1.54) is 6.07 Å². The summed E-state index contributed by atoms with van der Waals surface area (Å²) in [6.07, 6.45) is 1.82. The smallest absolute Gasteiger partial charge is 0.317 e. The number of aromatic hydroxyl groups is 1. The van der Waals surface area contributed by atoms with Crippen LogP contribution in [0.25, 0.3) is 10.9 Å². The summed E-state index contributed by atoms with van der Waals surface area (Å²) in [6.45, 7) is -0.276. The second-order valence-electron chi connectivity index (χ2n) is 6.97. The van der Waals surface area contributed by atoms with Crippen molar-refractivity contribution in [1.82, 2.24) is 15.6 Å². The molecule has 1 aromatic heterocycles. The predicted molar refractivity (Wildman–Crippen MR) is 123 cm³/mol. The number of nitro groups is 1. The Morgan fingerprint density at radius 2 is 2.03 bits per heavy atom. The van der Waals surface area contributed by atoms with Crippen molar-refractivity contribution in [3.63, 3.8) is 0 Å². The Hall–Kier alpha value is -4.50. The Balaban J connectivity index is 2.18. The van der Waals surface area contributed by atoms with Crippen molar-refractivity contribution < 1.29 is 19.6 Å². The van der Waals surface area contributed by atoms with Crippen LogP contribution in [0.5, 0.6) is 5.75 Å². The monoisotopic (exact) mass is 466 g/mol. The highest BCUT2D eigenvalue weighted by molar-refractivity contribution is 7.80. The van der Waals surface area contributed by atoms with E-state index in [0.717, 1.165) is 22.5 Å². The first kappa shape index (κ1) is 23.2. The molecule has 0 aliphatic heterocycles. The average molecular weight is 466 g/mol. The number of nitrogens with two attached hydrogens (primary N) is 1. The number of para-hydroxylation sites is 1. The fraction of sp³-hybridized carbons (Fsp3) is 0.143. The Bertz CT molecular complexity index is 1310. The molecule has 168 valence electrons. The van der Waals surface area contributed by atoms with Gasteiger partial charge < -0.3 is 21.1 Å². The van der Waals surface area contributed by atoms with Gasteiger partial charge in [-0.1, -0.05) is 36.5 Å². The van der Waals surface area contributed by atoms with Gasteiger partial charge in [0.2, 0.25) is 11.7 Å². The second-order valence-corrected chi connectivity index (χ2v) is 7.37. The number of primary amides is 1. The van der Waals surface area contributed by atoms with Gasteiger partial charge in [0, 0.05) is 23.2 Å². The third-order valence-electron chi connectivity index (χ3n) is 4.98. The molecule has 0 saturated heterocycles. The minimum absolute atomic E-state index is 0.102. The Morgan fingerprint density at radius 3 is 2.70 bits per heavy atom. The van der Waals surface area contributed by atoms with Crippen molar-refractivity contribution in [2.75, 3.05) is 6.54 Å². The number of benzene rings is 2. The maximum Gasteiger partial charge on any atom is 0.317 e. The molecule has 1 heterocycles. The van der Waals surface area contributed by atoms with E-state index in [-0.39, 0.29) is 29.1 Å². The van der Waals surface area contributed by atoms with Crippen molar-refractivity contribution >= 4 is 45.7 Å². The standard InChI is InChI=1S/C21H18N6O5S/c22-7-8-24-19(29)14(9-11-10-25-15-4-2-1-3-12(11)15)13-5-6-16(27(31)32)18(28)17(13)20(33)26-21(23)30/h1-6,10,14,25,28H,8-9H2,(H,24,29)(H3,23,26,30,33). The molecule has 0 aliphatic rings. The van der Waals surface area contributed by atoms with Crippen molar-refractivity contribution in [2.24, 2.45) is 5.73 Å². The molecular weight excluding hydrogens is 448 g/mol. The topological polar surface area (TPSA) is 187 Å². The lowest BCUT2D eigenvalue weighted by Crippen LogP contribution is -2.36. The molecule has 0 fully saturated rings. The van der Waals surface area contributed by atoms with Crippen LogP contribution in [0.1, 0.15) is 22.6 Å². The highest BCUT2D eigenvalue weighted by Gasteiger charge is 2.31. The minimum Gasteiger partial charge on any atom is -0.502 e. The highest BCUT2D eigenvalue weighted by atomic mass is 32.1. The van der Waals surface area contributed by atoms with E-state index < -0.39 is 34.2 Å². The van der Waals surface area contributed by atoms with Gasteiger partial charge in [-0.15, -0.1) is 0 Å². The summed E-state index contributed by atoms with van der Waals surface area (Å²) >= 11 is 5.15. The van der Waals surface area contributed by atoms with Crippen LogP contribution in [0.4, 0.5) is 10.5 Å². The fourth-order valence-corrected chi connectivity index (χ4v) is 3.88. The summed E-state index contributed by atoms with van der Waals surface area (Å²) in [4.78, 5) is 37.7. The molecule has 1 atom stereocenters. The summed E-state index contributed by atoms with van der Waals surface area (Å²) in [5.74, 6) is -2.40. The van der Waals surface area contributed by atoms with E-state index in [9.17, 15) is 24.8 Å². The molecule has 0 bridgehead atoms. The number of amides is 3. The lowest BCUT2D eigenvalue weighted by atomic mass is 9.87. The van der Waals surface area contributed by atoms with Crippen LogP contribution in [0.15, 0.2) is 42.6 Å². The molecular formula is C21H18N6O5S. The van der Waals surface area contributed by atoms with E-state index in [0.29, 0.717) is 0 Å². The number of aromatic amines is 1. The number of hydrogen-bond acceptors (Lipinski definition) is 7. The van der Waals surface area contributed by atoms with Crippen LogP contribution in [-0.2, 0) is 11.2 Å². The van der Waals surface area contributed by atoms with Gasteiger partial charge in [-0.3, -0.25) is 20.2 Å². The highest BCUT2D eigenvalue weighted by Crippen LogP contribution is 2.37. The van der Waals surface area contributed by atoms with E-state index in [1.807, 2.05) is 30.3 Å². The normalized spacial score (nSPS) is 11.4. The van der Waals surface area contributed by atoms with Crippen LogP contribution in [-0.4, -0.2) is 38.5 Å². The van der Waals surface area contributed by atoms with Gasteiger partial charge in [-0.05, 0) is 23.6 Å². The molecule has 3 aromatic rings. The maximum atomic E-state index is 13.0. The predicted octanol–water partition coefficient (Wildman–Crippen LogP) is 2.09. The number of carbonyl (C=O) groups is 2. The number of thiocarbonyl (C=S) groups is 1. The number of phenolic OH excluding ortho intramolecular Hbond substituents is 1. The number of H-pyrrole nitrogens is 1. The Kier molecular flexibility index (Phi) is 6.85. The number of aromatic nitrogens is 1. The van der Waals surface area contributed by atoms with Gasteiger partial charge in [-0.25, -0.2) is 4.79 Å². The molecule has 1 unspecified atom stereocenters. The molecule has 3 rings (SSSR count). The van der Waals surface area contributed by atoms with Gasteiger partial charge in [0.25, 0.3) is 0 Å². The molecule has 33 heavy (non-hydrogen) atoms. The number of carbonyl (C=O) groups excluding carboxylic acids is 2. The summed E-state index contributed by atoms with van der Waals surface area (Å²) in [5.41, 5.74) is 5.91. The molecule has 0 radical (unpaired) electrons. The number of nitriles is 1. The zero-order valence-electron chi connectivity index (χ0n) is 17.0. The summed E-state index contributed by atoms with van der Waals surface area (Å²) < 4.78 is 0. The number of urea groups is 1. The molecule has 12 heteroatoms. The van der Waals surface area contributed by atoms with E-state index in [4.69, 9.17) is 23.2 Å². The number of rotatable bonds is 7. The number of phenols is 1. The Morgan fingerprint density at radius 1 is 1.30 bits per heavy atom. The van der Waals surface area contributed by atoms with Crippen molar-refractivity contribution in [2.45, 2.75) is 12.3 Å². The first-order valence-electron chi connectivity index (χ1n) is 9.55. The van der Waals surface area contributed by atoms with E-state index >= 15 is 0 Å². The zero-order valence-corrected chi connectivity index (χ0v) is 17.8. The van der Waals surface area contributed by atoms with Crippen LogP contribution in [0, 0.1) is 21.4 Å². The van der Waals surface area contributed by atoms with Crippen LogP contribution < -0.4 is 16.4 Å². The largest absolute Gasteiger partial charge is 0.502 e. The van der Waals surface area contributed by atoms with Crippen molar-refractivity contribution in [3.05, 3.63) is 69.4 Å². The summed E-state index contributed by atoms with van der Waals surface area (Å²) in [7, 11) is 0. The first-order chi connectivity index (χ1) is 15.7. The third kappa shape index (κ3) is 4.89. The molecule has 11 nitrogen and oxygen atoms in total. The second kappa shape index (κ2) is 9.75. The van der Waals surface area contributed by atoms with Crippen LogP contribution in [0.2, 0.25) is 0 Å². The van der Waals surface area contributed by atoms with E-state index in [1.54, 1.807) is 6.20 Å². The number of nitrogens with zero attached hydrogens (tertiary/aromatic N) is 2. The third-order valence-corrected chi connectivity index (χ3v) is 5.29. The number of nitrogens with one attached hydrogen (secondary N) is 3. The van der Waals surface area contributed by atoms with Gasteiger partial charge in [0.15, 0.2) is 0 Å². The number of fused-ring (bicyclic) bond motifs is 1. The molecule has 6 N–H and O–H groups in total. The summed E-state index contributed by atoms with van der Waals surface area (Å²) in [6, 6.07) is 10.5. The fourth-order valence-electron chi connectivity index (χ4n) is 3.56. The number of hydrogen-bond donors (Lipinski definition) is 5. The molecule has 0 spiro atoms.